The third-order valence-electron chi connectivity index (χ3n) is 3.19. The molecule has 1 saturated heterocycles. The number of pyridine rings is 1. The van der Waals surface area contributed by atoms with Crippen molar-refractivity contribution < 1.29 is 0 Å². The molecule has 0 aliphatic carbocycles. The fraction of sp³-hybridized carbons (Fsp3) is 0.357. The molecule has 98 valence electrons. The molecule has 2 aromatic rings. The average Bonchev–Trinajstić information content (AvgIpc) is 2.48. The van der Waals surface area contributed by atoms with E-state index in [1.54, 1.807) is 6.20 Å². The molecule has 1 aliphatic rings. The van der Waals surface area contributed by atoms with Crippen molar-refractivity contribution in [3.63, 3.8) is 0 Å². The molecule has 1 aliphatic heterocycles. The standard InChI is InChI=1S/C14H17N5/c1-11-17-13(12-4-2-3-5-16-12)10-14(18-11)19-8-6-15-7-9-19/h2-5,10,15H,6-9H2,1H3. The van der Waals surface area contributed by atoms with Crippen LogP contribution in [-0.4, -0.2) is 41.1 Å². The van der Waals surface area contributed by atoms with Crippen LogP contribution >= 0.6 is 0 Å². The van der Waals surface area contributed by atoms with E-state index in [-0.39, 0.29) is 0 Å². The lowest BCUT2D eigenvalue weighted by Crippen LogP contribution is -2.44. The molecule has 2 aromatic heterocycles. The molecule has 0 aromatic carbocycles. The molecular weight excluding hydrogens is 238 g/mol. The zero-order valence-corrected chi connectivity index (χ0v) is 11.0. The number of nitrogens with one attached hydrogen (secondary N) is 1. The highest BCUT2D eigenvalue weighted by Crippen LogP contribution is 2.20. The first-order valence-corrected chi connectivity index (χ1v) is 6.56. The molecule has 0 spiro atoms. The summed E-state index contributed by atoms with van der Waals surface area (Å²) in [6.45, 7) is 5.90. The lowest BCUT2D eigenvalue weighted by molar-refractivity contribution is 0.584. The Bertz CT molecular complexity index is 549. The Balaban J connectivity index is 1.96. The van der Waals surface area contributed by atoms with Crippen molar-refractivity contribution in [2.24, 2.45) is 0 Å². The Morgan fingerprint density at radius 3 is 2.68 bits per heavy atom. The molecule has 5 heteroatoms. The van der Waals surface area contributed by atoms with Crippen molar-refractivity contribution in [3.05, 3.63) is 36.3 Å². The van der Waals surface area contributed by atoms with Gasteiger partial charge >= 0.3 is 0 Å². The monoisotopic (exact) mass is 255 g/mol. The Morgan fingerprint density at radius 1 is 1.11 bits per heavy atom. The fourth-order valence-corrected chi connectivity index (χ4v) is 2.25. The van der Waals surface area contributed by atoms with E-state index in [9.17, 15) is 0 Å². The van der Waals surface area contributed by atoms with Gasteiger partial charge in [-0.1, -0.05) is 6.07 Å². The molecule has 0 bridgehead atoms. The normalized spacial score (nSPS) is 15.5. The second-order valence-electron chi connectivity index (χ2n) is 4.61. The summed E-state index contributed by atoms with van der Waals surface area (Å²) >= 11 is 0. The maximum Gasteiger partial charge on any atom is 0.133 e. The number of piperazine rings is 1. The Labute approximate surface area is 112 Å². The van der Waals surface area contributed by atoms with Crippen LogP contribution in [0.15, 0.2) is 30.5 Å². The summed E-state index contributed by atoms with van der Waals surface area (Å²) in [4.78, 5) is 15.7. The first-order chi connectivity index (χ1) is 9.33. The van der Waals surface area contributed by atoms with Gasteiger partial charge in [0, 0.05) is 38.4 Å². The number of aromatic nitrogens is 3. The van der Waals surface area contributed by atoms with Crippen molar-refractivity contribution in [1.82, 2.24) is 20.3 Å². The summed E-state index contributed by atoms with van der Waals surface area (Å²) < 4.78 is 0. The molecule has 3 rings (SSSR count). The molecular formula is C14H17N5. The Kier molecular flexibility index (Phi) is 3.37. The van der Waals surface area contributed by atoms with Crippen molar-refractivity contribution in [2.45, 2.75) is 6.92 Å². The highest BCUT2D eigenvalue weighted by molar-refractivity contribution is 5.59. The van der Waals surface area contributed by atoms with Gasteiger partial charge in [0.15, 0.2) is 0 Å². The van der Waals surface area contributed by atoms with E-state index in [1.165, 1.54) is 0 Å². The highest BCUT2D eigenvalue weighted by atomic mass is 15.2. The molecule has 0 amide bonds. The van der Waals surface area contributed by atoms with Crippen LogP contribution in [0.1, 0.15) is 5.82 Å². The fourth-order valence-electron chi connectivity index (χ4n) is 2.25. The van der Waals surface area contributed by atoms with Gasteiger partial charge in [0.25, 0.3) is 0 Å². The van der Waals surface area contributed by atoms with Crippen LogP contribution in [0.5, 0.6) is 0 Å². The number of nitrogens with zero attached hydrogens (tertiary/aromatic N) is 4. The number of aryl methyl sites for hydroxylation is 1. The van der Waals surface area contributed by atoms with E-state index in [0.717, 1.165) is 49.2 Å². The number of hydrogen-bond donors (Lipinski definition) is 1. The lowest BCUT2D eigenvalue weighted by Gasteiger charge is -2.28. The lowest BCUT2D eigenvalue weighted by atomic mass is 10.2. The maximum atomic E-state index is 4.54. The van der Waals surface area contributed by atoms with Gasteiger partial charge in [-0.2, -0.15) is 0 Å². The van der Waals surface area contributed by atoms with Gasteiger partial charge in [0.1, 0.15) is 11.6 Å². The average molecular weight is 255 g/mol. The minimum Gasteiger partial charge on any atom is -0.354 e. The molecule has 1 fully saturated rings. The zero-order valence-electron chi connectivity index (χ0n) is 11.0. The summed E-state index contributed by atoms with van der Waals surface area (Å²) in [6.07, 6.45) is 1.79. The summed E-state index contributed by atoms with van der Waals surface area (Å²) in [7, 11) is 0. The molecule has 1 N–H and O–H groups in total. The minimum atomic E-state index is 0.789. The minimum absolute atomic E-state index is 0.789. The zero-order chi connectivity index (χ0) is 13.1. The summed E-state index contributed by atoms with van der Waals surface area (Å²) in [5.41, 5.74) is 1.78. The second-order valence-corrected chi connectivity index (χ2v) is 4.61. The van der Waals surface area contributed by atoms with Gasteiger partial charge in [-0.25, -0.2) is 9.97 Å². The molecule has 3 heterocycles. The van der Waals surface area contributed by atoms with Crippen LogP contribution in [-0.2, 0) is 0 Å². The van der Waals surface area contributed by atoms with E-state index in [4.69, 9.17) is 0 Å². The Hall–Kier alpha value is -2.01. The third-order valence-corrected chi connectivity index (χ3v) is 3.19. The summed E-state index contributed by atoms with van der Waals surface area (Å²) in [5.74, 6) is 1.78. The molecule has 5 nitrogen and oxygen atoms in total. The van der Waals surface area contributed by atoms with Gasteiger partial charge in [0.05, 0.1) is 11.4 Å². The van der Waals surface area contributed by atoms with Crippen LogP contribution in [0.3, 0.4) is 0 Å². The van der Waals surface area contributed by atoms with E-state index in [1.807, 2.05) is 31.2 Å². The summed E-state index contributed by atoms with van der Waals surface area (Å²) in [6, 6.07) is 7.89. The van der Waals surface area contributed by atoms with Crippen LogP contribution in [0.2, 0.25) is 0 Å². The molecule has 0 atom stereocenters. The van der Waals surface area contributed by atoms with Crippen molar-refractivity contribution >= 4 is 5.82 Å². The van der Waals surface area contributed by atoms with Gasteiger partial charge in [-0.15, -0.1) is 0 Å². The Morgan fingerprint density at radius 2 is 1.95 bits per heavy atom. The molecule has 0 saturated carbocycles. The van der Waals surface area contributed by atoms with E-state index in [2.05, 4.69) is 25.2 Å². The maximum absolute atomic E-state index is 4.54. The largest absolute Gasteiger partial charge is 0.354 e. The van der Waals surface area contributed by atoms with E-state index in [0.29, 0.717) is 0 Å². The highest BCUT2D eigenvalue weighted by Gasteiger charge is 2.14. The van der Waals surface area contributed by atoms with Crippen LogP contribution < -0.4 is 10.2 Å². The van der Waals surface area contributed by atoms with Crippen molar-refractivity contribution in [2.75, 3.05) is 31.1 Å². The third kappa shape index (κ3) is 2.71. The molecule has 19 heavy (non-hydrogen) atoms. The number of anilines is 1. The number of rotatable bonds is 2. The van der Waals surface area contributed by atoms with Crippen molar-refractivity contribution in [3.8, 4) is 11.4 Å². The molecule has 0 radical (unpaired) electrons. The first kappa shape index (κ1) is 12.0. The van der Waals surface area contributed by atoms with Crippen LogP contribution in [0.25, 0.3) is 11.4 Å². The SMILES string of the molecule is Cc1nc(-c2ccccn2)cc(N2CCNCC2)n1. The second kappa shape index (κ2) is 5.32. The molecule has 0 unspecified atom stereocenters. The van der Waals surface area contributed by atoms with E-state index >= 15 is 0 Å². The topological polar surface area (TPSA) is 53.9 Å². The number of hydrogen-bond acceptors (Lipinski definition) is 5. The van der Waals surface area contributed by atoms with Gasteiger partial charge in [-0.3, -0.25) is 4.98 Å². The summed E-state index contributed by atoms with van der Waals surface area (Å²) in [5, 5.41) is 3.35. The van der Waals surface area contributed by atoms with E-state index < -0.39 is 0 Å². The smallest absolute Gasteiger partial charge is 0.133 e. The predicted octanol–water partition coefficient (Wildman–Crippen LogP) is 1.26. The van der Waals surface area contributed by atoms with Gasteiger partial charge in [-0.05, 0) is 19.1 Å². The van der Waals surface area contributed by atoms with Crippen molar-refractivity contribution in [1.29, 1.82) is 0 Å². The quantitative estimate of drug-likeness (QED) is 0.875. The van der Waals surface area contributed by atoms with Crippen LogP contribution in [0, 0.1) is 6.92 Å². The predicted molar refractivity (Wildman–Crippen MR) is 75.1 cm³/mol. The first-order valence-electron chi connectivity index (χ1n) is 6.56. The van der Waals surface area contributed by atoms with Gasteiger partial charge in [0.2, 0.25) is 0 Å². The van der Waals surface area contributed by atoms with Crippen LogP contribution in [0.4, 0.5) is 5.82 Å². The van der Waals surface area contributed by atoms with Gasteiger partial charge < -0.3 is 10.2 Å².